The summed E-state index contributed by atoms with van der Waals surface area (Å²) in [4.78, 5) is 33.2. The van der Waals surface area contributed by atoms with Gasteiger partial charge in [0.25, 0.3) is 10.9 Å². The Morgan fingerprint density at radius 2 is 1.82 bits per heavy atom. The third-order valence-electron chi connectivity index (χ3n) is 6.39. The Labute approximate surface area is 189 Å². The Morgan fingerprint density at radius 1 is 1.18 bits per heavy atom. The summed E-state index contributed by atoms with van der Waals surface area (Å²) < 4.78 is 25.3. The SMILES string of the molecule is CCC(CC)(C[C@H]1OC(n2c(=O)[nH]c3c(=O)[nH]c(N)nc32)[C@H](O)[C@@H]1O)O[P+](=O)C(C)(O)CC. The number of nitrogens with zero attached hydrogens (tertiary/aromatic N) is 2. The molecule has 1 fully saturated rings. The van der Waals surface area contributed by atoms with Crippen LogP contribution in [-0.2, 0) is 13.8 Å². The van der Waals surface area contributed by atoms with E-state index in [0.717, 1.165) is 4.57 Å². The Balaban J connectivity index is 1.92. The molecule has 6 atom stereocenters. The Bertz CT molecular complexity index is 1140. The lowest BCUT2D eigenvalue weighted by Gasteiger charge is -2.30. The molecule has 0 bridgehead atoms. The fraction of sp³-hybridized carbons (Fsp3) is 0.737. The lowest BCUT2D eigenvalue weighted by atomic mass is 9.88. The summed E-state index contributed by atoms with van der Waals surface area (Å²) in [6.07, 6.45) is -4.30. The highest BCUT2D eigenvalue weighted by molar-refractivity contribution is 7.40. The van der Waals surface area contributed by atoms with E-state index >= 15 is 0 Å². The first-order valence-electron chi connectivity index (χ1n) is 10.8. The van der Waals surface area contributed by atoms with Gasteiger partial charge in [0, 0.05) is 19.8 Å². The maximum atomic E-state index is 12.7. The number of aromatic amines is 2. The zero-order valence-corrected chi connectivity index (χ0v) is 19.8. The number of ether oxygens (including phenoxy) is 1. The minimum absolute atomic E-state index is 0.0306. The number of nitrogens with one attached hydrogen (secondary N) is 2. The number of nitrogen functional groups attached to an aromatic ring is 1. The highest BCUT2D eigenvalue weighted by Gasteiger charge is 2.53. The van der Waals surface area contributed by atoms with Crippen LogP contribution in [0.1, 0.15) is 59.6 Å². The van der Waals surface area contributed by atoms with Crippen LogP contribution >= 0.6 is 8.03 Å². The largest absolute Gasteiger partial charge is 0.543 e. The van der Waals surface area contributed by atoms with Crippen molar-refractivity contribution in [3.05, 3.63) is 20.8 Å². The predicted octanol–water partition coefficient (Wildman–Crippen LogP) is 0.441. The molecule has 0 saturated carbocycles. The minimum Gasteiger partial charge on any atom is -0.388 e. The second-order valence-electron chi connectivity index (χ2n) is 8.51. The van der Waals surface area contributed by atoms with Crippen LogP contribution in [0, 0.1) is 0 Å². The fourth-order valence-electron chi connectivity index (χ4n) is 3.85. The lowest BCUT2D eigenvalue weighted by molar-refractivity contribution is -0.0705. The molecule has 0 amide bonds. The molecule has 3 heterocycles. The number of aliphatic hydroxyl groups excluding tert-OH is 2. The molecule has 0 aromatic carbocycles. The summed E-state index contributed by atoms with van der Waals surface area (Å²) >= 11 is 0. The first kappa shape index (κ1) is 25.5. The van der Waals surface area contributed by atoms with Gasteiger partial charge in [-0.3, -0.25) is 14.8 Å². The van der Waals surface area contributed by atoms with Crippen LogP contribution in [0.4, 0.5) is 5.95 Å². The molecule has 0 spiro atoms. The smallest absolute Gasteiger partial charge is 0.388 e. The highest BCUT2D eigenvalue weighted by Crippen LogP contribution is 2.48. The summed E-state index contributed by atoms with van der Waals surface area (Å²) in [6, 6.07) is 0. The van der Waals surface area contributed by atoms with Gasteiger partial charge < -0.3 is 25.8 Å². The Hall–Kier alpha value is -2.15. The van der Waals surface area contributed by atoms with E-state index in [1.807, 2.05) is 13.8 Å². The average molecular weight is 488 g/mol. The van der Waals surface area contributed by atoms with Crippen LogP contribution in [-0.4, -0.2) is 64.1 Å². The molecule has 1 saturated heterocycles. The Morgan fingerprint density at radius 3 is 2.39 bits per heavy atom. The maximum absolute atomic E-state index is 12.7. The van der Waals surface area contributed by atoms with Gasteiger partial charge in [0.05, 0.1) is 6.10 Å². The van der Waals surface area contributed by atoms with Gasteiger partial charge in [0.1, 0.15) is 17.8 Å². The maximum Gasteiger partial charge on any atom is 0.543 e. The van der Waals surface area contributed by atoms with Gasteiger partial charge in [-0.25, -0.2) is 9.36 Å². The molecule has 13 nitrogen and oxygen atoms in total. The van der Waals surface area contributed by atoms with Gasteiger partial charge in [0.2, 0.25) is 5.95 Å². The summed E-state index contributed by atoms with van der Waals surface area (Å²) in [5.74, 6) is -0.235. The number of fused-ring (bicyclic) bond motifs is 1. The second-order valence-corrected chi connectivity index (χ2v) is 10.2. The number of nitrogens with two attached hydrogens (primary N) is 1. The van der Waals surface area contributed by atoms with Crippen molar-refractivity contribution in [3.8, 4) is 0 Å². The van der Waals surface area contributed by atoms with Crippen molar-refractivity contribution in [2.24, 2.45) is 0 Å². The first-order valence-corrected chi connectivity index (χ1v) is 12.0. The van der Waals surface area contributed by atoms with Crippen molar-refractivity contribution in [1.82, 2.24) is 19.5 Å². The number of anilines is 1. The lowest BCUT2D eigenvalue weighted by Crippen LogP contribution is -2.40. The third kappa shape index (κ3) is 4.61. The molecule has 1 aliphatic rings. The standard InChI is InChI=1S/C19H30N5O8P/c1-5-18(4,29)33(30)32-19(6-2,7-3)8-9-11(25)12(26)15(31-9)24-13-10(21-17(24)28)14(27)23-16(20)22-13/h9,11-12,15,25-26,29H,5-8H2,1-4H3,(H3-,20,21,22,23,27,28)/p+1/t9-,11-,12-,15?,18?/m1/s1. The molecule has 3 rings (SSSR count). The van der Waals surface area contributed by atoms with Gasteiger partial charge in [-0.15, -0.1) is 4.52 Å². The topological polar surface area (TPSA) is 206 Å². The monoisotopic (exact) mass is 488 g/mol. The predicted molar refractivity (Wildman–Crippen MR) is 119 cm³/mol. The molecule has 0 aliphatic carbocycles. The molecule has 33 heavy (non-hydrogen) atoms. The number of aliphatic hydroxyl groups is 3. The molecule has 3 unspecified atom stereocenters. The van der Waals surface area contributed by atoms with Gasteiger partial charge in [-0.05, 0) is 17.4 Å². The molecule has 1 aliphatic heterocycles. The van der Waals surface area contributed by atoms with Crippen LogP contribution in [0.3, 0.4) is 0 Å². The summed E-state index contributed by atoms with van der Waals surface area (Å²) in [5.41, 5.74) is 2.83. The van der Waals surface area contributed by atoms with Crippen LogP contribution in [0.5, 0.6) is 0 Å². The highest BCUT2D eigenvalue weighted by atomic mass is 31.1. The van der Waals surface area contributed by atoms with Gasteiger partial charge in [0.15, 0.2) is 17.4 Å². The van der Waals surface area contributed by atoms with Crippen molar-refractivity contribution in [2.75, 3.05) is 5.73 Å². The zero-order chi connectivity index (χ0) is 24.7. The first-order chi connectivity index (χ1) is 15.4. The van der Waals surface area contributed by atoms with E-state index in [2.05, 4.69) is 15.0 Å². The van der Waals surface area contributed by atoms with E-state index in [1.165, 1.54) is 6.92 Å². The minimum atomic E-state index is -2.47. The van der Waals surface area contributed by atoms with Crippen molar-refractivity contribution in [2.45, 2.75) is 88.9 Å². The fourth-order valence-corrected chi connectivity index (χ4v) is 4.99. The van der Waals surface area contributed by atoms with E-state index in [4.69, 9.17) is 15.0 Å². The van der Waals surface area contributed by atoms with Crippen molar-refractivity contribution < 1.29 is 29.1 Å². The molecule has 184 valence electrons. The molecule has 2 aromatic rings. The molecule has 0 radical (unpaired) electrons. The second kappa shape index (κ2) is 9.24. The third-order valence-corrected chi connectivity index (χ3v) is 8.05. The van der Waals surface area contributed by atoms with Gasteiger partial charge in [-0.1, -0.05) is 20.8 Å². The number of aromatic nitrogens is 4. The number of H-pyrrole nitrogens is 2. The number of hydrogen-bond acceptors (Lipinski definition) is 10. The van der Waals surface area contributed by atoms with Gasteiger partial charge in [-0.2, -0.15) is 4.98 Å². The molecule has 2 aromatic heterocycles. The Kier molecular flexibility index (Phi) is 7.13. The van der Waals surface area contributed by atoms with Crippen LogP contribution in [0.25, 0.3) is 11.2 Å². The molecule has 14 heteroatoms. The average Bonchev–Trinajstić information content (AvgIpc) is 3.23. The van der Waals surface area contributed by atoms with Crippen molar-refractivity contribution >= 4 is 25.1 Å². The van der Waals surface area contributed by atoms with Crippen molar-refractivity contribution in [1.29, 1.82) is 0 Å². The zero-order valence-electron chi connectivity index (χ0n) is 18.9. The van der Waals surface area contributed by atoms with E-state index in [9.17, 15) is 29.5 Å². The van der Waals surface area contributed by atoms with Gasteiger partial charge >= 0.3 is 13.7 Å². The summed E-state index contributed by atoms with van der Waals surface area (Å²) in [5, 5.41) is 30.2. The number of rotatable bonds is 9. The van der Waals surface area contributed by atoms with Crippen LogP contribution in [0.2, 0.25) is 0 Å². The van der Waals surface area contributed by atoms with E-state index in [0.29, 0.717) is 12.8 Å². The molecular weight excluding hydrogens is 457 g/mol. The number of hydrogen-bond donors (Lipinski definition) is 6. The normalized spacial score (nSPS) is 26.0. The van der Waals surface area contributed by atoms with Crippen molar-refractivity contribution in [3.63, 3.8) is 0 Å². The van der Waals surface area contributed by atoms with Crippen LogP contribution in [0.15, 0.2) is 9.59 Å². The summed E-state index contributed by atoms with van der Waals surface area (Å²) in [6.45, 7) is 6.73. The molecule has 7 N–H and O–H groups in total. The van der Waals surface area contributed by atoms with Crippen LogP contribution < -0.4 is 17.0 Å². The molecular formula is C19H31N5O8P+. The number of imidazole rings is 1. The van der Waals surface area contributed by atoms with E-state index in [1.54, 1.807) is 6.92 Å². The van der Waals surface area contributed by atoms with E-state index in [-0.39, 0.29) is 30.0 Å². The summed E-state index contributed by atoms with van der Waals surface area (Å²) in [7, 11) is -2.47. The van der Waals surface area contributed by atoms with E-state index < -0.39 is 54.8 Å². The quantitative estimate of drug-likeness (QED) is 0.269.